The number of carbonyl (C=O) groups excluding carboxylic acids is 1. The number of fused-ring (bicyclic) bond motifs is 2. The van der Waals surface area contributed by atoms with Crippen molar-refractivity contribution >= 4 is 34.5 Å². The highest BCUT2D eigenvalue weighted by molar-refractivity contribution is 6.36. The molecule has 1 saturated heterocycles. The second-order valence-corrected chi connectivity index (χ2v) is 13.0. The van der Waals surface area contributed by atoms with Crippen molar-refractivity contribution in [3.8, 4) is 28.7 Å². The SMILES string of the molecule is COc1nc(C)c(-n2c(=O)nc3c4c(c(Cl)c(-c5ccccc5F)nc42)OC[C@H]2CN(C(=O)OC(C)(C)C)CCN32)c(C(C)C)n1. The van der Waals surface area contributed by atoms with Crippen LogP contribution in [0.4, 0.5) is 15.0 Å². The maximum atomic E-state index is 15.3. The maximum absolute atomic E-state index is 15.3. The number of benzene rings is 1. The van der Waals surface area contributed by atoms with Gasteiger partial charge in [-0.15, -0.1) is 0 Å². The number of hydrogen-bond acceptors (Lipinski definition) is 10. The van der Waals surface area contributed by atoms with E-state index in [1.54, 1.807) is 30.0 Å². The summed E-state index contributed by atoms with van der Waals surface area (Å²) in [5.74, 6) is -0.178. The van der Waals surface area contributed by atoms with Crippen LogP contribution in [0.3, 0.4) is 0 Å². The lowest BCUT2D eigenvalue weighted by atomic mass is 10.1. The molecular weight excluding hydrogens is 617 g/mol. The first-order valence-corrected chi connectivity index (χ1v) is 15.4. The van der Waals surface area contributed by atoms with Crippen LogP contribution in [0.5, 0.6) is 11.8 Å². The number of aryl methyl sites for hydroxylation is 1. The molecule has 3 aromatic heterocycles. The molecule has 0 saturated carbocycles. The number of aromatic nitrogens is 5. The third-order valence-corrected chi connectivity index (χ3v) is 8.23. The second kappa shape index (κ2) is 11.7. The molecule has 2 aliphatic heterocycles. The van der Waals surface area contributed by atoms with Crippen molar-refractivity contribution in [1.82, 2.24) is 29.4 Å². The Morgan fingerprint density at radius 1 is 1.13 bits per heavy atom. The summed E-state index contributed by atoms with van der Waals surface area (Å²) in [6.07, 6.45) is -0.444. The van der Waals surface area contributed by atoms with Gasteiger partial charge in [0.05, 0.1) is 35.9 Å². The number of nitrogens with zero attached hydrogens (tertiary/aromatic N) is 7. The van der Waals surface area contributed by atoms with Crippen LogP contribution in [0.1, 0.15) is 51.9 Å². The molecule has 0 radical (unpaired) electrons. The molecule has 1 atom stereocenters. The molecule has 2 aliphatic rings. The number of anilines is 1. The first-order valence-electron chi connectivity index (χ1n) is 15.0. The normalized spacial score (nSPS) is 16.3. The summed E-state index contributed by atoms with van der Waals surface area (Å²) < 4.78 is 33.9. The molecular formula is C32H35ClFN7O5. The predicted molar refractivity (Wildman–Crippen MR) is 171 cm³/mol. The third kappa shape index (κ3) is 5.46. The Bertz CT molecular complexity index is 1930. The molecule has 242 valence electrons. The van der Waals surface area contributed by atoms with E-state index >= 15 is 4.39 Å². The number of hydrogen-bond donors (Lipinski definition) is 0. The van der Waals surface area contributed by atoms with Gasteiger partial charge in [0.2, 0.25) is 0 Å². The van der Waals surface area contributed by atoms with E-state index in [1.165, 1.54) is 17.7 Å². The van der Waals surface area contributed by atoms with E-state index in [0.717, 1.165) is 0 Å². The fourth-order valence-electron chi connectivity index (χ4n) is 5.84. The van der Waals surface area contributed by atoms with Crippen molar-refractivity contribution in [2.24, 2.45) is 0 Å². The minimum Gasteiger partial charge on any atom is -0.489 e. The summed E-state index contributed by atoms with van der Waals surface area (Å²) in [5, 5.41) is 0.448. The van der Waals surface area contributed by atoms with Crippen LogP contribution in [0, 0.1) is 12.7 Å². The van der Waals surface area contributed by atoms with Crippen LogP contribution >= 0.6 is 11.6 Å². The zero-order chi connectivity index (χ0) is 33.1. The van der Waals surface area contributed by atoms with Crippen LogP contribution in [0.15, 0.2) is 29.1 Å². The third-order valence-electron chi connectivity index (χ3n) is 7.88. The van der Waals surface area contributed by atoms with Gasteiger partial charge < -0.3 is 24.0 Å². The van der Waals surface area contributed by atoms with E-state index in [4.69, 9.17) is 30.8 Å². The van der Waals surface area contributed by atoms with Gasteiger partial charge in [0.25, 0.3) is 0 Å². The fourth-order valence-corrected chi connectivity index (χ4v) is 6.13. The quantitative estimate of drug-likeness (QED) is 0.287. The van der Waals surface area contributed by atoms with Gasteiger partial charge in [-0.1, -0.05) is 37.6 Å². The lowest BCUT2D eigenvalue weighted by molar-refractivity contribution is 0.0202. The molecule has 6 rings (SSSR count). The van der Waals surface area contributed by atoms with Gasteiger partial charge in [0.1, 0.15) is 34.3 Å². The maximum Gasteiger partial charge on any atom is 0.410 e. The van der Waals surface area contributed by atoms with Crippen LogP contribution in [-0.4, -0.2) is 80.5 Å². The molecule has 0 unspecified atom stereocenters. The second-order valence-electron chi connectivity index (χ2n) is 12.6. The summed E-state index contributed by atoms with van der Waals surface area (Å²) in [6, 6.07) is 5.87. The molecule has 12 nitrogen and oxygen atoms in total. The molecule has 1 fully saturated rings. The van der Waals surface area contributed by atoms with Crippen LogP contribution < -0.4 is 20.1 Å². The summed E-state index contributed by atoms with van der Waals surface area (Å²) in [5.41, 5.74) is 0.460. The predicted octanol–water partition coefficient (Wildman–Crippen LogP) is 5.29. The van der Waals surface area contributed by atoms with Crippen LogP contribution in [0.2, 0.25) is 5.02 Å². The molecule has 1 aromatic carbocycles. The number of halogens is 2. The lowest BCUT2D eigenvalue weighted by Gasteiger charge is -2.41. The highest BCUT2D eigenvalue weighted by atomic mass is 35.5. The van der Waals surface area contributed by atoms with Crippen molar-refractivity contribution in [1.29, 1.82) is 0 Å². The van der Waals surface area contributed by atoms with Crippen molar-refractivity contribution in [2.45, 2.75) is 59.1 Å². The van der Waals surface area contributed by atoms with Gasteiger partial charge in [-0.05, 0) is 45.7 Å². The minimum atomic E-state index is -0.664. The highest BCUT2D eigenvalue weighted by Gasteiger charge is 2.39. The number of piperazine rings is 1. The van der Waals surface area contributed by atoms with Crippen molar-refractivity contribution in [2.75, 3.05) is 38.3 Å². The number of ether oxygens (including phenoxy) is 3. The molecule has 0 bridgehead atoms. The average Bonchev–Trinajstić information content (AvgIpc) is 3.15. The fraction of sp³-hybridized carbons (Fsp3) is 0.438. The Kier molecular flexibility index (Phi) is 7.99. The molecule has 0 N–H and O–H groups in total. The largest absolute Gasteiger partial charge is 0.489 e. The Morgan fingerprint density at radius 3 is 2.54 bits per heavy atom. The molecule has 14 heteroatoms. The monoisotopic (exact) mass is 651 g/mol. The number of amides is 1. The lowest BCUT2D eigenvalue weighted by Crippen LogP contribution is -2.57. The van der Waals surface area contributed by atoms with Crippen LogP contribution in [-0.2, 0) is 4.74 Å². The highest BCUT2D eigenvalue weighted by Crippen LogP contribution is 2.45. The standard InChI is InChI=1S/C32H35ClFN7O5/c1-16(2)23-25(17(3)35-29(37-23)44-7)41-28-21-26(22(33)24(36-28)19-10-8-9-11-20(19)34)45-15-18-14-39(31(43)46-32(4,5)6)12-13-40(18)27(21)38-30(41)42/h8-11,16,18H,12-15H2,1-7H3/t18-/m1/s1. The van der Waals surface area contributed by atoms with Gasteiger partial charge in [-0.3, -0.25) is 0 Å². The summed E-state index contributed by atoms with van der Waals surface area (Å²) in [7, 11) is 1.47. The molecule has 1 amide bonds. The van der Waals surface area contributed by atoms with Crippen LogP contribution in [0.25, 0.3) is 28.0 Å². The molecule has 46 heavy (non-hydrogen) atoms. The molecule has 0 aliphatic carbocycles. The van der Waals surface area contributed by atoms with Crippen molar-refractivity contribution < 1.29 is 23.4 Å². The number of rotatable bonds is 4. The van der Waals surface area contributed by atoms with Gasteiger partial charge >= 0.3 is 17.8 Å². The molecule has 0 spiro atoms. The van der Waals surface area contributed by atoms with E-state index in [9.17, 15) is 9.59 Å². The van der Waals surface area contributed by atoms with E-state index in [-0.39, 0.29) is 52.8 Å². The zero-order valence-electron chi connectivity index (χ0n) is 26.7. The minimum absolute atomic E-state index is 0.0708. The summed E-state index contributed by atoms with van der Waals surface area (Å²) >= 11 is 7.00. The average molecular weight is 652 g/mol. The van der Waals surface area contributed by atoms with Gasteiger partial charge in [-0.25, -0.2) is 23.5 Å². The Morgan fingerprint density at radius 2 is 1.87 bits per heavy atom. The Balaban J connectivity index is 1.62. The summed E-state index contributed by atoms with van der Waals surface area (Å²) in [4.78, 5) is 49.2. The Labute approximate surface area is 270 Å². The van der Waals surface area contributed by atoms with Gasteiger partial charge in [0, 0.05) is 25.2 Å². The number of pyridine rings is 1. The Hall–Kier alpha value is -4.52. The van der Waals surface area contributed by atoms with E-state index in [1.807, 2.05) is 39.5 Å². The molecule has 5 heterocycles. The zero-order valence-corrected chi connectivity index (χ0v) is 27.5. The van der Waals surface area contributed by atoms with E-state index in [0.29, 0.717) is 41.4 Å². The number of methoxy groups -OCH3 is 1. The smallest absolute Gasteiger partial charge is 0.410 e. The van der Waals surface area contributed by atoms with Crippen molar-refractivity contribution in [3.63, 3.8) is 0 Å². The van der Waals surface area contributed by atoms with Crippen molar-refractivity contribution in [3.05, 3.63) is 57.0 Å². The first-order chi connectivity index (χ1) is 21.8. The first kappa shape index (κ1) is 31.5. The number of carbonyl (C=O) groups is 1. The van der Waals surface area contributed by atoms with Gasteiger partial charge in [0.15, 0.2) is 11.4 Å². The summed E-state index contributed by atoms with van der Waals surface area (Å²) in [6.45, 7) is 12.1. The topological polar surface area (TPSA) is 125 Å². The van der Waals surface area contributed by atoms with E-state index in [2.05, 4.69) is 15.0 Å². The van der Waals surface area contributed by atoms with Gasteiger partial charge in [-0.2, -0.15) is 15.0 Å². The van der Waals surface area contributed by atoms with E-state index < -0.39 is 29.2 Å². The molecule has 4 aromatic rings.